The maximum Gasteiger partial charge on any atom is 0.322 e. The summed E-state index contributed by atoms with van der Waals surface area (Å²) in [6.07, 6.45) is 1.68. The molecule has 0 aliphatic heterocycles. The van der Waals surface area contributed by atoms with E-state index in [4.69, 9.17) is 4.98 Å². The van der Waals surface area contributed by atoms with Crippen molar-refractivity contribution in [1.29, 1.82) is 0 Å². The lowest BCUT2D eigenvalue weighted by Gasteiger charge is -2.31. The first-order chi connectivity index (χ1) is 19.2. The molecule has 0 aliphatic carbocycles. The molecule has 6 heteroatoms. The summed E-state index contributed by atoms with van der Waals surface area (Å²) in [5.41, 5.74) is 5.52. The SMILES string of the molecule is CCCN(C(=O)Nc1c(C(C)C)cccc1C(C)C)C(C)c1nc2ccccc2c(=O)n1-c1ccc(CC)cc1. The van der Waals surface area contributed by atoms with Gasteiger partial charge in [0.05, 0.1) is 22.6 Å². The zero-order valence-corrected chi connectivity index (χ0v) is 24.9. The first-order valence-electron chi connectivity index (χ1n) is 14.5. The summed E-state index contributed by atoms with van der Waals surface area (Å²) in [5.74, 6) is 1.05. The number of amides is 2. The van der Waals surface area contributed by atoms with E-state index in [1.807, 2.05) is 55.5 Å². The first kappa shape index (κ1) is 29.1. The average molecular weight is 539 g/mol. The van der Waals surface area contributed by atoms with E-state index in [2.05, 4.69) is 65.1 Å². The van der Waals surface area contributed by atoms with Crippen LogP contribution in [0.2, 0.25) is 0 Å². The summed E-state index contributed by atoms with van der Waals surface area (Å²) in [7, 11) is 0. The number of carbonyl (C=O) groups is 1. The van der Waals surface area contributed by atoms with Crippen LogP contribution in [0.3, 0.4) is 0 Å². The predicted octanol–water partition coefficient (Wildman–Crippen LogP) is 8.20. The number of nitrogens with one attached hydrogen (secondary N) is 1. The van der Waals surface area contributed by atoms with E-state index in [9.17, 15) is 9.59 Å². The maximum atomic E-state index is 14.0. The van der Waals surface area contributed by atoms with Gasteiger partial charge in [-0.15, -0.1) is 0 Å². The molecule has 40 heavy (non-hydrogen) atoms. The molecule has 6 nitrogen and oxygen atoms in total. The summed E-state index contributed by atoms with van der Waals surface area (Å²) < 4.78 is 1.67. The molecular formula is C34H42N4O2. The van der Waals surface area contributed by atoms with E-state index in [1.54, 1.807) is 9.47 Å². The number of aryl methyl sites for hydroxylation is 1. The van der Waals surface area contributed by atoms with Crippen LogP contribution in [0.25, 0.3) is 16.6 Å². The van der Waals surface area contributed by atoms with E-state index in [1.165, 1.54) is 5.56 Å². The van der Waals surface area contributed by atoms with Crippen molar-refractivity contribution in [2.45, 2.75) is 79.2 Å². The molecule has 1 unspecified atom stereocenters. The zero-order valence-electron chi connectivity index (χ0n) is 24.9. The van der Waals surface area contributed by atoms with Gasteiger partial charge in [-0.25, -0.2) is 9.78 Å². The molecule has 3 aromatic carbocycles. The lowest BCUT2D eigenvalue weighted by atomic mass is 9.92. The van der Waals surface area contributed by atoms with Gasteiger partial charge >= 0.3 is 6.03 Å². The second-order valence-corrected chi connectivity index (χ2v) is 11.1. The largest absolute Gasteiger partial charge is 0.322 e. The number of aromatic nitrogens is 2. The van der Waals surface area contributed by atoms with Crippen LogP contribution in [0.5, 0.6) is 0 Å². The van der Waals surface area contributed by atoms with E-state index < -0.39 is 6.04 Å². The van der Waals surface area contributed by atoms with Crippen molar-refractivity contribution >= 4 is 22.6 Å². The van der Waals surface area contributed by atoms with Gasteiger partial charge in [0.15, 0.2) is 0 Å². The molecule has 1 N–H and O–H groups in total. The minimum atomic E-state index is -0.461. The Labute approximate surface area is 238 Å². The molecule has 0 aliphatic rings. The number of nitrogens with zero attached hydrogens (tertiary/aromatic N) is 3. The Bertz CT molecular complexity index is 1510. The molecule has 210 valence electrons. The van der Waals surface area contributed by atoms with E-state index >= 15 is 0 Å². The zero-order chi connectivity index (χ0) is 29.0. The number of hydrogen-bond acceptors (Lipinski definition) is 3. The molecule has 1 heterocycles. The van der Waals surface area contributed by atoms with Gasteiger partial charge in [-0.3, -0.25) is 9.36 Å². The number of para-hydroxylation sites is 2. The lowest BCUT2D eigenvalue weighted by Crippen LogP contribution is -2.40. The fourth-order valence-corrected chi connectivity index (χ4v) is 5.29. The van der Waals surface area contributed by atoms with Gasteiger partial charge in [0, 0.05) is 12.2 Å². The van der Waals surface area contributed by atoms with Gasteiger partial charge in [0.25, 0.3) is 5.56 Å². The van der Waals surface area contributed by atoms with Crippen molar-refractivity contribution in [3.8, 4) is 5.69 Å². The second-order valence-electron chi connectivity index (χ2n) is 11.1. The second kappa shape index (κ2) is 12.5. The Morgan fingerprint density at radius 2 is 1.50 bits per heavy atom. The fraction of sp³-hybridized carbons (Fsp3) is 0.382. The summed E-state index contributed by atoms with van der Waals surface area (Å²) in [4.78, 5) is 34.7. The van der Waals surface area contributed by atoms with Gasteiger partial charge < -0.3 is 10.2 Å². The van der Waals surface area contributed by atoms with Crippen molar-refractivity contribution < 1.29 is 4.79 Å². The van der Waals surface area contributed by atoms with Crippen LogP contribution < -0.4 is 10.9 Å². The molecule has 0 fully saturated rings. The van der Waals surface area contributed by atoms with Crippen LogP contribution in [0, 0.1) is 0 Å². The van der Waals surface area contributed by atoms with E-state index in [0.717, 1.165) is 35.3 Å². The number of fused-ring (bicyclic) bond motifs is 1. The first-order valence-corrected chi connectivity index (χ1v) is 14.5. The lowest BCUT2D eigenvalue weighted by molar-refractivity contribution is 0.189. The topological polar surface area (TPSA) is 67.2 Å². The number of anilines is 1. The molecule has 0 bridgehead atoms. The molecule has 0 spiro atoms. The van der Waals surface area contributed by atoms with Crippen LogP contribution >= 0.6 is 0 Å². The molecule has 0 saturated heterocycles. The van der Waals surface area contributed by atoms with Gasteiger partial charge in [-0.05, 0) is 72.6 Å². The molecular weight excluding hydrogens is 496 g/mol. The van der Waals surface area contributed by atoms with Crippen molar-refractivity contribution in [2.24, 2.45) is 0 Å². The highest BCUT2D eigenvalue weighted by Crippen LogP contribution is 2.33. The smallest absolute Gasteiger partial charge is 0.315 e. The summed E-state index contributed by atoms with van der Waals surface area (Å²) >= 11 is 0. The fourth-order valence-electron chi connectivity index (χ4n) is 5.29. The minimum absolute atomic E-state index is 0.138. The molecule has 0 saturated carbocycles. The van der Waals surface area contributed by atoms with Gasteiger partial charge in [0.2, 0.25) is 0 Å². The Kier molecular flexibility index (Phi) is 9.08. The molecule has 1 atom stereocenters. The number of rotatable bonds is 9. The van der Waals surface area contributed by atoms with Crippen LogP contribution in [0.4, 0.5) is 10.5 Å². The van der Waals surface area contributed by atoms with E-state index in [-0.39, 0.29) is 23.4 Å². The Morgan fingerprint density at radius 3 is 2.08 bits per heavy atom. The van der Waals surface area contributed by atoms with Crippen molar-refractivity contribution in [2.75, 3.05) is 11.9 Å². The number of hydrogen-bond donors (Lipinski definition) is 1. The third-order valence-electron chi connectivity index (χ3n) is 7.58. The number of benzene rings is 3. The third kappa shape index (κ3) is 5.81. The van der Waals surface area contributed by atoms with Crippen molar-refractivity contribution in [1.82, 2.24) is 14.5 Å². The summed E-state index contributed by atoms with van der Waals surface area (Å²) in [5, 5.41) is 3.83. The maximum absolute atomic E-state index is 14.0. The van der Waals surface area contributed by atoms with Gasteiger partial charge in [-0.2, -0.15) is 0 Å². The van der Waals surface area contributed by atoms with Crippen molar-refractivity contribution in [3.05, 3.63) is 99.6 Å². The molecule has 0 radical (unpaired) electrons. The standard InChI is InChI=1S/C34H42N4O2/c1-8-21-37(34(40)36-31-27(22(3)4)14-12-15-28(31)23(5)6)24(7)32-35-30-16-11-10-13-29(30)33(39)38(32)26-19-17-25(9-2)18-20-26/h10-20,22-24H,8-9,21H2,1-7H3,(H,36,40). The van der Waals surface area contributed by atoms with Gasteiger partial charge in [-0.1, -0.05) is 84.0 Å². The Hall–Kier alpha value is -3.93. The highest BCUT2D eigenvalue weighted by molar-refractivity contribution is 5.92. The summed E-state index contributed by atoms with van der Waals surface area (Å²) in [6.45, 7) is 15.2. The van der Waals surface area contributed by atoms with E-state index in [0.29, 0.717) is 23.3 Å². The Morgan fingerprint density at radius 1 is 0.875 bits per heavy atom. The van der Waals surface area contributed by atoms with Gasteiger partial charge in [0.1, 0.15) is 5.82 Å². The number of carbonyl (C=O) groups excluding carboxylic acids is 1. The predicted molar refractivity (Wildman–Crippen MR) is 166 cm³/mol. The molecule has 2 amide bonds. The quantitative estimate of drug-likeness (QED) is 0.234. The highest BCUT2D eigenvalue weighted by atomic mass is 16.2. The molecule has 4 aromatic rings. The van der Waals surface area contributed by atoms with Crippen molar-refractivity contribution in [3.63, 3.8) is 0 Å². The van der Waals surface area contributed by atoms with Crippen LogP contribution in [0.15, 0.2) is 71.5 Å². The minimum Gasteiger partial charge on any atom is -0.315 e. The van der Waals surface area contributed by atoms with Crippen LogP contribution in [-0.2, 0) is 6.42 Å². The average Bonchev–Trinajstić information content (AvgIpc) is 2.95. The summed E-state index contributed by atoms with van der Waals surface area (Å²) in [6, 6.07) is 21.0. The number of urea groups is 1. The molecule has 1 aromatic heterocycles. The highest BCUT2D eigenvalue weighted by Gasteiger charge is 2.28. The Balaban J connectivity index is 1.84. The normalized spacial score (nSPS) is 12.2. The monoisotopic (exact) mass is 538 g/mol. The van der Waals surface area contributed by atoms with Crippen LogP contribution in [0.1, 0.15) is 95.3 Å². The molecule has 4 rings (SSSR count). The van der Waals surface area contributed by atoms with Crippen LogP contribution in [-0.4, -0.2) is 27.0 Å². The third-order valence-corrected chi connectivity index (χ3v) is 7.58.